The predicted octanol–water partition coefficient (Wildman–Crippen LogP) is -0.764. The molecular formula is C22H34N6O7. The van der Waals surface area contributed by atoms with E-state index in [1.54, 1.807) is 0 Å². The summed E-state index contributed by atoms with van der Waals surface area (Å²) < 4.78 is 0. The Hall–Kier alpha value is -3.48. The van der Waals surface area contributed by atoms with Crippen LogP contribution in [0.3, 0.4) is 0 Å². The highest BCUT2D eigenvalue weighted by Crippen LogP contribution is 2.19. The van der Waals surface area contributed by atoms with Crippen LogP contribution in [0.1, 0.15) is 51.6 Å². The zero-order valence-electron chi connectivity index (χ0n) is 19.9. The Labute approximate surface area is 202 Å². The van der Waals surface area contributed by atoms with Gasteiger partial charge in [0.2, 0.25) is 17.7 Å². The highest BCUT2D eigenvalue weighted by Gasteiger charge is 2.38. The quantitative estimate of drug-likeness (QED) is 0.203. The van der Waals surface area contributed by atoms with Crippen molar-refractivity contribution in [3.8, 4) is 0 Å². The predicted molar refractivity (Wildman–Crippen MR) is 123 cm³/mol. The van der Waals surface area contributed by atoms with Crippen molar-refractivity contribution in [3.63, 3.8) is 0 Å². The van der Waals surface area contributed by atoms with Crippen molar-refractivity contribution in [2.24, 2.45) is 11.7 Å². The van der Waals surface area contributed by atoms with E-state index in [2.05, 4.69) is 20.6 Å². The van der Waals surface area contributed by atoms with Crippen molar-refractivity contribution in [1.29, 1.82) is 0 Å². The number of aromatic nitrogens is 2. The summed E-state index contributed by atoms with van der Waals surface area (Å²) in [6.45, 7) is 4.00. The number of H-pyrrole nitrogens is 1. The molecule has 1 aromatic rings. The first-order chi connectivity index (χ1) is 16.5. The van der Waals surface area contributed by atoms with Gasteiger partial charge in [0.1, 0.15) is 18.1 Å². The third-order valence-electron chi connectivity index (χ3n) is 5.76. The van der Waals surface area contributed by atoms with E-state index >= 15 is 0 Å². The number of aromatic amines is 1. The molecule has 0 saturated carbocycles. The molecule has 1 aliphatic heterocycles. The van der Waals surface area contributed by atoms with E-state index in [9.17, 15) is 29.1 Å². The average Bonchev–Trinajstić information content (AvgIpc) is 3.46. The number of likely N-dealkylation sites (tertiary alicyclic amines) is 1. The molecule has 7 N–H and O–H groups in total. The largest absolute Gasteiger partial charge is 0.481 e. The lowest BCUT2D eigenvalue weighted by Crippen LogP contribution is -2.57. The van der Waals surface area contributed by atoms with E-state index < -0.39 is 60.2 Å². The molecule has 194 valence electrons. The van der Waals surface area contributed by atoms with Crippen molar-refractivity contribution in [2.75, 3.05) is 6.54 Å². The summed E-state index contributed by atoms with van der Waals surface area (Å²) in [4.78, 5) is 69.6. The lowest BCUT2D eigenvalue weighted by atomic mass is 10.0. The molecule has 0 bridgehead atoms. The van der Waals surface area contributed by atoms with Gasteiger partial charge in [-0.05, 0) is 31.6 Å². The lowest BCUT2D eigenvalue weighted by molar-refractivity contribution is -0.149. The molecule has 35 heavy (non-hydrogen) atoms. The molecule has 4 unspecified atom stereocenters. The summed E-state index contributed by atoms with van der Waals surface area (Å²) in [7, 11) is 0. The van der Waals surface area contributed by atoms with E-state index in [-0.39, 0.29) is 25.3 Å². The molecule has 13 heteroatoms. The number of aliphatic carboxylic acids is 2. The SMILES string of the molecule is CC(C)CC(N)C(=O)NC(CCC(=O)O)C(=O)NC(Cc1cnc[nH]1)C(=O)N1CCCC1C(=O)O. The number of hydrogen-bond donors (Lipinski definition) is 6. The fourth-order valence-corrected chi connectivity index (χ4v) is 4.01. The number of nitrogens with zero attached hydrogens (tertiary/aromatic N) is 2. The van der Waals surface area contributed by atoms with Crippen molar-refractivity contribution >= 4 is 29.7 Å². The van der Waals surface area contributed by atoms with Gasteiger partial charge in [-0.2, -0.15) is 0 Å². The van der Waals surface area contributed by atoms with E-state index in [4.69, 9.17) is 10.8 Å². The van der Waals surface area contributed by atoms with Gasteiger partial charge in [-0.25, -0.2) is 9.78 Å². The first kappa shape index (κ1) is 27.8. The fraction of sp³-hybridized carbons (Fsp3) is 0.636. The second-order valence-corrected chi connectivity index (χ2v) is 9.10. The number of carboxylic acids is 2. The Balaban J connectivity index is 2.21. The van der Waals surface area contributed by atoms with E-state index in [0.717, 1.165) is 0 Å². The van der Waals surface area contributed by atoms with E-state index in [0.29, 0.717) is 25.0 Å². The van der Waals surface area contributed by atoms with Gasteiger partial charge in [-0.3, -0.25) is 19.2 Å². The maximum absolute atomic E-state index is 13.3. The van der Waals surface area contributed by atoms with E-state index in [1.807, 2.05) is 13.8 Å². The van der Waals surface area contributed by atoms with Gasteiger partial charge >= 0.3 is 11.9 Å². The summed E-state index contributed by atoms with van der Waals surface area (Å²) in [5, 5.41) is 23.6. The molecule has 2 rings (SSSR count). The molecule has 3 amide bonds. The molecular weight excluding hydrogens is 460 g/mol. The Kier molecular flexibility index (Phi) is 10.2. The summed E-state index contributed by atoms with van der Waals surface area (Å²) in [5.74, 6) is -4.12. The third-order valence-corrected chi connectivity index (χ3v) is 5.76. The van der Waals surface area contributed by atoms with Crippen LogP contribution in [0.15, 0.2) is 12.5 Å². The van der Waals surface area contributed by atoms with Gasteiger partial charge in [0.15, 0.2) is 0 Å². The number of hydrogen-bond acceptors (Lipinski definition) is 7. The Morgan fingerprint density at radius 2 is 1.86 bits per heavy atom. The number of amides is 3. The van der Waals surface area contributed by atoms with Gasteiger partial charge in [-0.1, -0.05) is 13.8 Å². The van der Waals surface area contributed by atoms with Crippen molar-refractivity contribution < 1.29 is 34.2 Å². The minimum atomic E-state index is -1.25. The molecule has 4 atom stereocenters. The molecule has 2 heterocycles. The highest BCUT2D eigenvalue weighted by molar-refractivity contribution is 5.94. The standard InChI is InChI=1S/C22H34N6O7/c1-12(2)8-14(23)19(31)26-15(5-6-18(29)30)20(32)27-16(9-13-10-24-11-25-13)21(33)28-7-3-4-17(28)22(34)35/h10-12,14-17H,3-9,23H2,1-2H3,(H,24,25)(H,26,31)(H,27,32)(H,29,30)(H,34,35). The van der Waals surface area contributed by atoms with Crippen LogP contribution in [-0.2, 0) is 30.4 Å². The van der Waals surface area contributed by atoms with Gasteiger partial charge in [0.05, 0.1) is 12.4 Å². The van der Waals surface area contributed by atoms with Crippen molar-refractivity contribution in [1.82, 2.24) is 25.5 Å². The molecule has 0 aromatic carbocycles. The fourth-order valence-electron chi connectivity index (χ4n) is 4.01. The van der Waals surface area contributed by atoms with Gasteiger partial charge in [0, 0.05) is 31.3 Å². The van der Waals surface area contributed by atoms with Crippen LogP contribution < -0.4 is 16.4 Å². The molecule has 1 aromatic heterocycles. The molecule has 0 aliphatic carbocycles. The van der Waals surface area contributed by atoms with Crippen LogP contribution in [-0.4, -0.2) is 85.5 Å². The van der Waals surface area contributed by atoms with Gasteiger partial charge < -0.3 is 36.5 Å². The summed E-state index contributed by atoms with van der Waals surface area (Å²) in [6.07, 6.45) is 3.44. The second-order valence-electron chi connectivity index (χ2n) is 9.10. The summed E-state index contributed by atoms with van der Waals surface area (Å²) in [5.41, 5.74) is 6.43. The van der Waals surface area contributed by atoms with Crippen LogP contribution in [0.5, 0.6) is 0 Å². The molecule has 1 fully saturated rings. The molecule has 1 aliphatic rings. The maximum Gasteiger partial charge on any atom is 0.326 e. The molecule has 13 nitrogen and oxygen atoms in total. The van der Waals surface area contributed by atoms with Crippen molar-refractivity contribution in [2.45, 2.75) is 76.5 Å². The van der Waals surface area contributed by atoms with Crippen LogP contribution in [0.2, 0.25) is 0 Å². The first-order valence-corrected chi connectivity index (χ1v) is 11.6. The van der Waals surface area contributed by atoms with Crippen molar-refractivity contribution in [3.05, 3.63) is 18.2 Å². The van der Waals surface area contributed by atoms with Crippen LogP contribution in [0, 0.1) is 5.92 Å². The van der Waals surface area contributed by atoms with Crippen LogP contribution in [0.4, 0.5) is 0 Å². The Morgan fingerprint density at radius 1 is 1.17 bits per heavy atom. The molecule has 0 radical (unpaired) electrons. The topological polar surface area (TPSA) is 208 Å². The number of carboxylic acid groups (broad SMARTS) is 2. The number of rotatable bonds is 13. The van der Waals surface area contributed by atoms with Gasteiger partial charge in [0.25, 0.3) is 0 Å². The zero-order chi connectivity index (χ0) is 26.1. The minimum Gasteiger partial charge on any atom is -0.481 e. The summed E-state index contributed by atoms with van der Waals surface area (Å²) in [6, 6.07) is -4.29. The average molecular weight is 495 g/mol. The normalized spacial score (nSPS) is 18.1. The number of carbonyl (C=O) groups is 5. The van der Waals surface area contributed by atoms with Gasteiger partial charge in [-0.15, -0.1) is 0 Å². The Bertz CT molecular complexity index is 904. The minimum absolute atomic E-state index is 0.000126. The lowest BCUT2D eigenvalue weighted by Gasteiger charge is -2.28. The monoisotopic (exact) mass is 494 g/mol. The Morgan fingerprint density at radius 3 is 2.43 bits per heavy atom. The zero-order valence-corrected chi connectivity index (χ0v) is 19.9. The number of imidazole rings is 1. The maximum atomic E-state index is 13.3. The van der Waals surface area contributed by atoms with Crippen LogP contribution >= 0.6 is 0 Å². The number of nitrogens with two attached hydrogens (primary N) is 1. The summed E-state index contributed by atoms with van der Waals surface area (Å²) >= 11 is 0. The third kappa shape index (κ3) is 8.35. The highest BCUT2D eigenvalue weighted by atomic mass is 16.4. The first-order valence-electron chi connectivity index (χ1n) is 11.6. The van der Waals surface area contributed by atoms with E-state index in [1.165, 1.54) is 17.4 Å². The van der Waals surface area contributed by atoms with Crippen LogP contribution in [0.25, 0.3) is 0 Å². The molecule has 1 saturated heterocycles. The molecule has 0 spiro atoms. The smallest absolute Gasteiger partial charge is 0.326 e. The number of nitrogens with one attached hydrogen (secondary N) is 3. The second kappa shape index (κ2) is 12.8. The number of carbonyl (C=O) groups excluding carboxylic acids is 3.